The molecule has 6 nitrogen and oxygen atoms in total. The minimum Gasteiger partial charge on any atom is -0.355 e. The third kappa shape index (κ3) is 3.84. The molecule has 1 spiro atoms. The first kappa shape index (κ1) is 20.2. The first-order chi connectivity index (χ1) is 15.1. The van der Waals surface area contributed by atoms with E-state index >= 15 is 0 Å². The first-order valence-corrected chi connectivity index (χ1v) is 11.5. The van der Waals surface area contributed by atoms with Gasteiger partial charge in [-0.2, -0.15) is 0 Å². The molecule has 1 aliphatic heterocycles. The van der Waals surface area contributed by atoms with Crippen molar-refractivity contribution < 1.29 is 9.59 Å². The fourth-order valence-electron chi connectivity index (χ4n) is 5.79. The number of hydrogen-bond donors (Lipinski definition) is 1. The van der Waals surface area contributed by atoms with Crippen LogP contribution in [0.5, 0.6) is 0 Å². The van der Waals surface area contributed by atoms with Crippen molar-refractivity contribution in [3.63, 3.8) is 0 Å². The normalized spacial score (nSPS) is 23.5. The number of amides is 2. The first-order valence-electron chi connectivity index (χ1n) is 11.5. The average molecular weight is 419 g/mol. The Hall–Kier alpha value is -2.76. The number of likely N-dealkylation sites (tertiary alicyclic amines) is 1. The van der Waals surface area contributed by atoms with Gasteiger partial charge in [0.15, 0.2) is 0 Å². The molecule has 162 valence electrons. The quantitative estimate of drug-likeness (QED) is 0.808. The summed E-state index contributed by atoms with van der Waals surface area (Å²) < 4.78 is 0. The maximum absolute atomic E-state index is 13.0. The van der Waals surface area contributed by atoms with Crippen LogP contribution in [0.1, 0.15) is 61.0 Å². The summed E-state index contributed by atoms with van der Waals surface area (Å²) in [5.41, 5.74) is 1.92. The van der Waals surface area contributed by atoms with Gasteiger partial charge >= 0.3 is 0 Å². The maximum Gasteiger partial charge on any atom is 0.274 e. The van der Waals surface area contributed by atoms with Gasteiger partial charge in [-0.3, -0.25) is 14.6 Å². The van der Waals surface area contributed by atoms with Gasteiger partial charge < -0.3 is 10.2 Å². The van der Waals surface area contributed by atoms with Crippen LogP contribution in [0.25, 0.3) is 0 Å². The van der Waals surface area contributed by atoms with Crippen molar-refractivity contribution in [3.8, 4) is 0 Å². The monoisotopic (exact) mass is 418 g/mol. The summed E-state index contributed by atoms with van der Waals surface area (Å²) in [7, 11) is 0. The third-order valence-corrected chi connectivity index (χ3v) is 7.88. The number of hydrogen-bond acceptors (Lipinski definition) is 4. The Bertz CT molecular complexity index is 933. The summed E-state index contributed by atoms with van der Waals surface area (Å²) in [6, 6.07) is 10.7. The van der Waals surface area contributed by atoms with Gasteiger partial charge in [0.1, 0.15) is 5.69 Å². The number of carbonyl (C=O) groups excluding carboxylic acids is 2. The Balaban J connectivity index is 1.16. The van der Waals surface area contributed by atoms with Crippen molar-refractivity contribution in [2.45, 2.75) is 50.4 Å². The lowest BCUT2D eigenvalue weighted by Crippen LogP contribution is -2.42. The predicted molar refractivity (Wildman–Crippen MR) is 117 cm³/mol. The zero-order chi connectivity index (χ0) is 21.3. The summed E-state index contributed by atoms with van der Waals surface area (Å²) in [6.07, 6.45) is 12.1. The van der Waals surface area contributed by atoms with Crippen LogP contribution in [-0.2, 0) is 10.2 Å². The molecular weight excluding hydrogens is 388 g/mol. The van der Waals surface area contributed by atoms with Crippen molar-refractivity contribution in [1.29, 1.82) is 0 Å². The topological polar surface area (TPSA) is 75.2 Å². The van der Waals surface area contributed by atoms with Gasteiger partial charge in [0.2, 0.25) is 5.91 Å². The summed E-state index contributed by atoms with van der Waals surface area (Å²) >= 11 is 0. The van der Waals surface area contributed by atoms with Crippen molar-refractivity contribution in [3.05, 3.63) is 60.2 Å². The highest BCUT2D eigenvalue weighted by molar-refractivity contribution is 5.92. The molecule has 1 aromatic carbocycles. The smallest absolute Gasteiger partial charge is 0.274 e. The summed E-state index contributed by atoms with van der Waals surface area (Å²) in [5, 5.41) is 3.32. The largest absolute Gasteiger partial charge is 0.355 e. The average Bonchev–Trinajstić information content (AvgIpc) is 3.30. The van der Waals surface area contributed by atoms with E-state index in [0.29, 0.717) is 18.8 Å². The van der Waals surface area contributed by atoms with Crippen LogP contribution in [0.15, 0.2) is 48.9 Å². The minimum atomic E-state index is -0.0596. The van der Waals surface area contributed by atoms with E-state index in [4.69, 9.17) is 0 Å². The molecule has 6 heteroatoms. The zero-order valence-electron chi connectivity index (χ0n) is 17.9. The molecule has 1 N–H and O–H groups in total. The second-order valence-electron chi connectivity index (χ2n) is 9.57. The molecule has 3 fully saturated rings. The fraction of sp³-hybridized carbons (Fsp3) is 0.520. The Labute approximate surface area is 183 Å². The van der Waals surface area contributed by atoms with Gasteiger partial charge in [-0.05, 0) is 43.1 Å². The predicted octanol–water partition coefficient (Wildman–Crippen LogP) is 3.35. The molecule has 1 aromatic heterocycles. The Morgan fingerprint density at radius 2 is 1.77 bits per heavy atom. The van der Waals surface area contributed by atoms with Crippen LogP contribution in [0.4, 0.5) is 0 Å². The molecule has 2 heterocycles. The highest BCUT2D eigenvalue weighted by Crippen LogP contribution is 2.59. The Morgan fingerprint density at radius 1 is 1.03 bits per heavy atom. The number of benzene rings is 1. The van der Waals surface area contributed by atoms with Crippen LogP contribution in [0, 0.1) is 11.3 Å². The second kappa shape index (κ2) is 8.06. The van der Waals surface area contributed by atoms with Gasteiger partial charge in [0, 0.05) is 43.4 Å². The van der Waals surface area contributed by atoms with E-state index < -0.39 is 0 Å². The molecule has 2 amide bonds. The van der Waals surface area contributed by atoms with Crippen LogP contribution in [0.2, 0.25) is 0 Å². The summed E-state index contributed by atoms with van der Waals surface area (Å²) in [4.78, 5) is 35.6. The number of nitrogens with zero attached hydrogens (tertiary/aromatic N) is 3. The second-order valence-corrected chi connectivity index (χ2v) is 9.57. The molecule has 2 aliphatic carbocycles. The zero-order valence-corrected chi connectivity index (χ0v) is 17.9. The third-order valence-electron chi connectivity index (χ3n) is 7.88. The van der Waals surface area contributed by atoms with E-state index in [9.17, 15) is 9.59 Å². The highest BCUT2D eigenvalue weighted by Gasteiger charge is 2.59. The van der Waals surface area contributed by atoms with Crippen molar-refractivity contribution in [2.24, 2.45) is 11.3 Å². The van der Waals surface area contributed by atoms with Crippen molar-refractivity contribution in [1.82, 2.24) is 20.2 Å². The van der Waals surface area contributed by atoms with E-state index in [0.717, 1.165) is 38.6 Å². The number of piperidine rings is 1. The van der Waals surface area contributed by atoms with Gasteiger partial charge in [-0.1, -0.05) is 43.2 Å². The molecule has 2 saturated carbocycles. The molecule has 0 bridgehead atoms. The van der Waals surface area contributed by atoms with E-state index in [1.165, 1.54) is 24.6 Å². The molecule has 31 heavy (non-hydrogen) atoms. The van der Waals surface area contributed by atoms with Crippen molar-refractivity contribution in [2.75, 3.05) is 19.6 Å². The Morgan fingerprint density at radius 3 is 2.45 bits per heavy atom. The van der Waals surface area contributed by atoms with E-state index in [-0.39, 0.29) is 28.6 Å². The van der Waals surface area contributed by atoms with Gasteiger partial charge in [-0.25, -0.2) is 4.98 Å². The Kier molecular flexibility index (Phi) is 5.24. The van der Waals surface area contributed by atoms with Gasteiger partial charge in [0.25, 0.3) is 5.91 Å². The van der Waals surface area contributed by atoms with Crippen LogP contribution < -0.4 is 5.32 Å². The van der Waals surface area contributed by atoms with Gasteiger partial charge in [-0.15, -0.1) is 0 Å². The molecule has 3 aliphatic rings. The lowest BCUT2D eigenvalue weighted by atomic mass is 9.78. The molecule has 1 saturated heterocycles. The fourth-order valence-corrected chi connectivity index (χ4v) is 5.79. The SMILES string of the molecule is O=C(NCC1(c2ccccc2)CCCC1)[C@H]1CC12CCN(C(=O)c1cnccn1)CC2. The maximum atomic E-state index is 13.0. The minimum absolute atomic E-state index is 0.0596. The molecule has 0 unspecified atom stereocenters. The lowest BCUT2D eigenvalue weighted by Gasteiger charge is -2.33. The number of carbonyl (C=O) groups is 2. The summed E-state index contributed by atoms with van der Waals surface area (Å²) in [6.45, 7) is 2.11. The molecule has 1 atom stereocenters. The molecular formula is C25H30N4O2. The van der Waals surface area contributed by atoms with Crippen LogP contribution in [0.3, 0.4) is 0 Å². The number of rotatable bonds is 5. The standard InChI is InChI=1S/C25H30N4O2/c30-22(28-18-25(8-4-5-9-25)19-6-2-1-3-7-19)20-16-24(20)10-14-29(15-11-24)23(31)21-17-26-12-13-27-21/h1-3,6-7,12-13,17,20H,4-5,8-11,14-16,18H2,(H,28,30)/t20-/m1/s1. The van der Waals surface area contributed by atoms with E-state index in [1.54, 1.807) is 12.4 Å². The van der Waals surface area contributed by atoms with Crippen LogP contribution >= 0.6 is 0 Å². The lowest BCUT2D eigenvalue weighted by molar-refractivity contribution is -0.123. The number of nitrogens with one attached hydrogen (secondary N) is 1. The van der Waals surface area contributed by atoms with Crippen LogP contribution in [-0.4, -0.2) is 46.3 Å². The van der Waals surface area contributed by atoms with E-state index in [1.807, 2.05) is 4.90 Å². The molecule has 2 aromatic rings. The van der Waals surface area contributed by atoms with Gasteiger partial charge in [0.05, 0.1) is 6.20 Å². The summed E-state index contributed by atoms with van der Waals surface area (Å²) in [5.74, 6) is 0.238. The molecule has 5 rings (SSSR count). The molecule has 0 radical (unpaired) electrons. The van der Waals surface area contributed by atoms with E-state index in [2.05, 4.69) is 45.6 Å². The highest BCUT2D eigenvalue weighted by atomic mass is 16.2. The van der Waals surface area contributed by atoms with Crippen molar-refractivity contribution >= 4 is 11.8 Å². The number of aromatic nitrogens is 2.